The molecule has 296 valence electrons. The third kappa shape index (κ3) is 5.87. The zero-order chi connectivity index (χ0) is 41.7. The summed E-state index contributed by atoms with van der Waals surface area (Å²) in [5, 5.41) is 0. The molecule has 2 nitrogen and oxygen atoms in total. The molecule has 10 aromatic rings. The Morgan fingerprint density at radius 1 is 0.238 bits per heavy atom. The lowest BCUT2D eigenvalue weighted by Crippen LogP contribution is -2.26. The number of nitrogens with zero attached hydrogens (tertiary/aromatic N) is 2. The van der Waals surface area contributed by atoms with Crippen molar-refractivity contribution in [3.63, 3.8) is 0 Å². The van der Waals surface area contributed by atoms with Crippen LogP contribution < -0.4 is 9.80 Å². The van der Waals surface area contributed by atoms with Crippen LogP contribution >= 0.6 is 0 Å². The number of rotatable bonds is 8. The van der Waals surface area contributed by atoms with Crippen LogP contribution in [0.15, 0.2) is 255 Å². The Bertz CT molecular complexity index is 3240. The lowest BCUT2D eigenvalue weighted by Gasteiger charge is -2.34. The first-order chi connectivity index (χ1) is 31.3. The van der Waals surface area contributed by atoms with Crippen LogP contribution in [0.5, 0.6) is 0 Å². The Labute approximate surface area is 369 Å². The van der Waals surface area contributed by atoms with Gasteiger partial charge in [0.15, 0.2) is 0 Å². The topological polar surface area (TPSA) is 6.48 Å². The summed E-state index contributed by atoms with van der Waals surface area (Å²) < 4.78 is 0. The number of para-hydroxylation sites is 2. The van der Waals surface area contributed by atoms with E-state index >= 15 is 0 Å². The number of hydrogen-bond donors (Lipinski definition) is 0. The van der Waals surface area contributed by atoms with Gasteiger partial charge in [-0.15, -0.1) is 0 Å². The van der Waals surface area contributed by atoms with Gasteiger partial charge in [-0.25, -0.2) is 0 Å². The van der Waals surface area contributed by atoms with E-state index in [-0.39, 0.29) is 0 Å². The molecule has 0 aromatic heterocycles. The summed E-state index contributed by atoms with van der Waals surface area (Å²) >= 11 is 0. The normalized spacial score (nSPS) is 12.6. The quantitative estimate of drug-likeness (QED) is 0.151. The van der Waals surface area contributed by atoms with Crippen LogP contribution in [-0.2, 0) is 5.41 Å². The van der Waals surface area contributed by atoms with Gasteiger partial charge < -0.3 is 9.80 Å². The highest BCUT2D eigenvalue weighted by Gasteiger charge is 2.52. The lowest BCUT2D eigenvalue weighted by atomic mass is 9.70. The van der Waals surface area contributed by atoms with Crippen molar-refractivity contribution in [3.8, 4) is 44.5 Å². The Morgan fingerprint density at radius 2 is 0.619 bits per heavy atom. The highest BCUT2D eigenvalue weighted by atomic mass is 15.2. The fourth-order valence-electron chi connectivity index (χ4n) is 10.4. The van der Waals surface area contributed by atoms with Gasteiger partial charge in [0.2, 0.25) is 0 Å². The maximum absolute atomic E-state index is 2.50. The predicted octanol–water partition coefficient (Wildman–Crippen LogP) is 16.3. The first kappa shape index (κ1) is 36.6. The van der Waals surface area contributed by atoms with Gasteiger partial charge in [-0.2, -0.15) is 0 Å². The summed E-state index contributed by atoms with van der Waals surface area (Å²) in [7, 11) is 0. The van der Waals surface area contributed by atoms with Crippen LogP contribution in [0.3, 0.4) is 0 Å². The maximum Gasteiger partial charge on any atom is 0.0727 e. The molecule has 0 aliphatic heterocycles. The number of hydrogen-bond acceptors (Lipinski definition) is 2. The second-order valence-corrected chi connectivity index (χ2v) is 16.4. The van der Waals surface area contributed by atoms with Crippen molar-refractivity contribution in [1.29, 1.82) is 0 Å². The van der Waals surface area contributed by atoms with Crippen molar-refractivity contribution in [2.75, 3.05) is 9.80 Å². The number of benzene rings is 10. The molecule has 0 unspecified atom stereocenters. The molecule has 2 heteroatoms. The van der Waals surface area contributed by atoms with E-state index in [1.807, 2.05) is 0 Å². The summed E-state index contributed by atoms with van der Waals surface area (Å²) in [6, 6.07) is 93.4. The fourth-order valence-corrected chi connectivity index (χ4v) is 10.4. The van der Waals surface area contributed by atoms with Crippen molar-refractivity contribution in [3.05, 3.63) is 277 Å². The van der Waals surface area contributed by atoms with E-state index in [1.165, 1.54) is 66.8 Å². The molecule has 12 rings (SSSR count). The monoisotopic (exact) mass is 802 g/mol. The van der Waals surface area contributed by atoms with E-state index in [2.05, 4.69) is 265 Å². The molecule has 0 amide bonds. The van der Waals surface area contributed by atoms with Gasteiger partial charge in [-0.1, -0.05) is 194 Å². The van der Waals surface area contributed by atoms with Crippen LogP contribution in [0.1, 0.15) is 22.3 Å². The van der Waals surface area contributed by atoms with Gasteiger partial charge in [0.05, 0.1) is 11.1 Å². The van der Waals surface area contributed by atoms with Crippen molar-refractivity contribution >= 4 is 34.1 Å². The minimum Gasteiger partial charge on any atom is -0.310 e. The maximum atomic E-state index is 2.50. The second kappa shape index (κ2) is 15.1. The molecular formula is C61H42N2. The van der Waals surface area contributed by atoms with E-state index < -0.39 is 5.41 Å². The third-order valence-corrected chi connectivity index (χ3v) is 13.0. The largest absolute Gasteiger partial charge is 0.310 e. The molecule has 63 heavy (non-hydrogen) atoms. The van der Waals surface area contributed by atoms with Gasteiger partial charge in [-0.05, 0) is 122 Å². The molecule has 0 fully saturated rings. The van der Waals surface area contributed by atoms with Crippen molar-refractivity contribution in [2.24, 2.45) is 0 Å². The smallest absolute Gasteiger partial charge is 0.0727 e. The van der Waals surface area contributed by atoms with Crippen LogP contribution in [0, 0.1) is 0 Å². The molecule has 0 atom stereocenters. The minimum atomic E-state index is -0.563. The molecule has 0 N–H and O–H groups in total. The average molecular weight is 803 g/mol. The van der Waals surface area contributed by atoms with E-state index in [0.29, 0.717) is 0 Å². The van der Waals surface area contributed by atoms with Crippen molar-refractivity contribution in [1.82, 2.24) is 0 Å². The highest BCUT2D eigenvalue weighted by molar-refractivity contribution is 6.03. The minimum absolute atomic E-state index is 0.563. The first-order valence-electron chi connectivity index (χ1n) is 21.8. The van der Waals surface area contributed by atoms with Crippen molar-refractivity contribution in [2.45, 2.75) is 5.41 Å². The average Bonchev–Trinajstić information content (AvgIpc) is 3.83. The number of anilines is 6. The molecule has 2 aliphatic carbocycles. The van der Waals surface area contributed by atoms with Crippen molar-refractivity contribution < 1.29 is 0 Å². The zero-order valence-electron chi connectivity index (χ0n) is 34.6. The van der Waals surface area contributed by atoms with E-state index in [9.17, 15) is 0 Å². The van der Waals surface area contributed by atoms with E-state index in [0.717, 1.165) is 34.1 Å². The molecule has 2 aliphatic rings. The fraction of sp³-hybridized carbons (Fsp3) is 0.0164. The summed E-state index contributed by atoms with van der Waals surface area (Å²) in [4.78, 5) is 4.93. The Hall–Kier alpha value is -8.20. The van der Waals surface area contributed by atoms with E-state index in [1.54, 1.807) is 0 Å². The van der Waals surface area contributed by atoms with Gasteiger partial charge in [-0.3, -0.25) is 0 Å². The summed E-state index contributed by atoms with van der Waals surface area (Å²) in [5.41, 5.74) is 20.9. The molecule has 10 aromatic carbocycles. The highest BCUT2D eigenvalue weighted by Crippen LogP contribution is 2.65. The van der Waals surface area contributed by atoms with Crippen LogP contribution in [0.2, 0.25) is 0 Å². The van der Waals surface area contributed by atoms with Crippen LogP contribution in [0.4, 0.5) is 34.1 Å². The van der Waals surface area contributed by atoms with Crippen LogP contribution in [-0.4, -0.2) is 0 Å². The van der Waals surface area contributed by atoms with Crippen LogP contribution in [0.25, 0.3) is 44.5 Å². The third-order valence-electron chi connectivity index (χ3n) is 13.0. The summed E-state index contributed by atoms with van der Waals surface area (Å²) in [6.07, 6.45) is 0. The molecule has 0 heterocycles. The molecule has 0 radical (unpaired) electrons. The Kier molecular flexibility index (Phi) is 8.76. The van der Waals surface area contributed by atoms with E-state index in [4.69, 9.17) is 0 Å². The van der Waals surface area contributed by atoms with Gasteiger partial charge >= 0.3 is 0 Å². The first-order valence-corrected chi connectivity index (χ1v) is 21.8. The SMILES string of the molecule is c1ccc(-c2cccc(N(c3ccccc3)c3cc(N(c4ccccc4)c4cccc(-c5ccccc5)c4)c4c(c3)C3(c5ccccc5-c5ccccc53)c3ccccc3-4)c2)cc1. The Morgan fingerprint density at radius 3 is 1.14 bits per heavy atom. The van der Waals surface area contributed by atoms with Gasteiger partial charge in [0, 0.05) is 34.0 Å². The zero-order valence-corrected chi connectivity index (χ0v) is 34.6. The lowest BCUT2D eigenvalue weighted by molar-refractivity contribution is 0.793. The standard InChI is InChI=1S/C61H42N2/c1-5-21-43(22-6-1)45-25-19-31-49(39-45)62(47-27-9-3-10-28-47)51-41-58-60(54-35-15-18-38-57(54)61(58)55-36-16-13-33-52(55)53-34-14-17-37-56(53)61)59(42-51)63(48-29-11-4-12-30-48)50-32-20-26-46(40-50)44-23-7-2-8-24-44/h1-42H. The predicted molar refractivity (Wildman–Crippen MR) is 263 cm³/mol. The summed E-state index contributed by atoms with van der Waals surface area (Å²) in [5.74, 6) is 0. The second-order valence-electron chi connectivity index (χ2n) is 16.4. The number of fused-ring (bicyclic) bond motifs is 10. The molecule has 0 bridgehead atoms. The van der Waals surface area contributed by atoms with Gasteiger partial charge in [0.1, 0.15) is 0 Å². The summed E-state index contributed by atoms with van der Waals surface area (Å²) in [6.45, 7) is 0. The molecular weight excluding hydrogens is 761 g/mol. The molecule has 1 spiro atoms. The molecule has 0 saturated carbocycles. The molecule has 0 saturated heterocycles. The Balaban J connectivity index is 1.21. The van der Waals surface area contributed by atoms with Gasteiger partial charge in [0.25, 0.3) is 0 Å².